The molecule has 2 bridgehead atoms. The maximum Gasteiger partial charge on any atom is 0.166 e. The van der Waals surface area contributed by atoms with Crippen LogP contribution in [0.15, 0.2) is 48.6 Å². The molecule has 1 spiro atoms. The van der Waals surface area contributed by atoms with E-state index >= 15 is 0 Å². The number of aliphatic hydroxyl groups excluding tert-OH is 1. The SMILES string of the molecule is COc1cc(C#Cc2ccccc2)c2c3c1O[C@H]1[C@@H](O)C=C[C@H]4[C@@H](C2)N(C)CC[C@@]341. The Hall–Kier alpha value is -2.74. The van der Waals surface area contributed by atoms with E-state index in [1.807, 2.05) is 42.5 Å². The summed E-state index contributed by atoms with van der Waals surface area (Å²) in [6, 6.07) is 12.5. The van der Waals surface area contributed by atoms with Crippen LogP contribution in [0.3, 0.4) is 0 Å². The number of hydrogen-bond donors (Lipinski definition) is 1. The summed E-state index contributed by atoms with van der Waals surface area (Å²) in [6.07, 6.45) is 5.20. The predicted molar refractivity (Wildman–Crippen MR) is 115 cm³/mol. The minimum absolute atomic E-state index is 0.202. The fourth-order valence-corrected chi connectivity index (χ4v) is 6.23. The van der Waals surface area contributed by atoms with Crippen molar-refractivity contribution in [1.29, 1.82) is 0 Å². The number of aliphatic hydroxyl groups is 1. The lowest BCUT2D eigenvalue weighted by atomic mass is 9.53. The van der Waals surface area contributed by atoms with Gasteiger partial charge in [-0.2, -0.15) is 0 Å². The molecule has 0 aromatic heterocycles. The molecule has 2 aromatic rings. The molecule has 0 unspecified atom stereocenters. The van der Waals surface area contributed by atoms with Crippen LogP contribution in [-0.4, -0.2) is 49.0 Å². The lowest BCUT2D eigenvalue weighted by Crippen LogP contribution is -2.64. The first-order valence-corrected chi connectivity index (χ1v) is 10.7. The van der Waals surface area contributed by atoms with Crippen LogP contribution in [0.25, 0.3) is 0 Å². The van der Waals surface area contributed by atoms with Crippen molar-refractivity contribution in [2.45, 2.75) is 36.5 Å². The van der Waals surface area contributed by atoms with Crippen molar-refractivity contribution >= 4 is 0 Å². The lowest BCUT2D eigenvalue weighted by Gasteiger charge is -2.56. The number of benzene rings is 2. The van der Waals surface area contributed by atoms with Crippen molar-refractivity contribution in [1.82, 2.24) is 4.90 Å². The fraction of sp³-hybridized carbons (Fsp3) is 0.385. The average Bonchev–Trinajstić information content (AvgIpc) is 3.12. The van der Waals surface area contributed by atoms with Gasteiger partial charge >= 0.3 is 0 Å². The van der Waals surface area contributed by atoms with Crippen LogP contribution in [0.5, 0.6) is 11.5 Å². The Kier molecular flexibility index (Phi) is 3.84. The number of rotatable bonds is 1. The first kappa shape index (κ1) is 18.1. The van der Waals surface area contributed by atoms with Gasteiger partial charge in [-0.05, 0) is 50.2 Å². The van der Waals surface area contributed by atoms with Gasteiger partial charge in [-0.25, -0.2) is 0 Å². The van der Waals surface area contributed by atoms with Gasteiger partial charge in [0.25, 0.3) is 0 Å². The molecule has 1 N–H and O–H groups in total. The normalized spacial score (nSPS) is 32.6. The number of likely N-dealkylation sites (tertiary alicyclic amines) is 1. The number of nitrogens with zero attached hydrogens (tertiary/aromatic N) is 1. The maximum absolute atomic E-state index is 10.8. The molecule has 2 aliphatic heterocycles. The Morgan fingerprint density at radius 2 is 2.03 bits per heavy atom. The molecule has 5 atom stereocenters. The van der Waals surface area contributed by atoms with E-state index in [1.165, 1.54) is 11.1 Å². The standard InChI is InChI=1S/C26H25NO3/c1-27-13-12-26-19-10-11-21(28)25(26)30-24-22(29-2)14-17(18(23(24)26)15-20(19)27)9-8-16-6-4-3-5-7-16/h3-7,10-11,14,19-21,25,28H,12-13,15H2,1-2H3/t19-,20+,21-,25-,26-/m0/s1. The smallest absolute Gasteiger partial charge is 0.166 e. The number of ether oxygens (including phenoxy) is 2. The van der Waals surface area contributed by atoms with Gasteiger partial charge in [0, 0.05) is 34.1 Å². The zero-order valence-electron chi connectivity index (χ0n) is 17.3. The molecule has 2 heterocycles. The Morgan fingerprint density at radius 3 is 2.83 bits per heavy atom. The van der Waals surface area contributed by atoms with Crippen LogP contribution < -0.4 is 9.47 Å². The van der Waals surface area contributed by atoms with Crippen LogP contribution >= 0.6 is 0 Å². The van der Waals surface area contributed by atoms with Crippen LogP contribution in [0.2, 0.25) is 0 Å². The molecule has 30 heavy (non-hydrogen) atoms. The predicted octanol–water partition coefficient (Wildman–Crippen LogP) is 2.90. The molecule has 6 rings (SSSR count). The van der Waals surface area contributed by atoms with Crippen LogP contribution in [0.1, 0.15) is 28.7 Å². The largest absolute Gasteiger partial charge is 0.493 e. The molecular formula is C26H25NO3. The maximum atomic E-state index is 10.8. The van der Waals surface area contributed by atoms with Gasteiger partial charge in [-0.1, -0.05) is 42.2 Å². The van der Waals surface area contributed by atoms with Gasteiger partial charge in [0.1, 0.15) is 12.2 Å². The Labute approximate surface area is 177 Å². The van der Waals surface area contributed by atoms with E-state index in [2.05, 4.69) is 29.9 Å². The van der Waals surface area contributed by atoms with Gasteiger partial charge in [0.2, 0.25) is 0 Å². The third-order valence-electron chi connectivity index (χ3n) is 7.60. The molecule has 1 fully saturated rings. The highest BCUT2D eigenvalue weighted by atomic mass is 16.5. The lowest BCUT2D eigenvalue weighted by molar-refractivity contribution is -0.0453. The number of likely N-dealkylation sites (N-methyl/N-ethyl adjacent to an activating group) is 1. The summed E-state index contributed by atoms with van der Waals surface area (Å²) in [5, 5.41) is 10.8. The van der Waals surface area contributed by atoms with E-state index in [1.54, 1.807) is 7.11 Å². The number of piperidine rings is 1. The van der Waals surface area contributed by atoms with Crippen molar-refractivity contribution in [2.75, 3.05) is 20.7 Å². The first-order valence-electron chi connectivity index (χ1n) is 10.7. The Morgan fingerprint density at radius 1 is 1.20 bits per heavy atom. The van der Waals surface area contributed by atoms with Gasteiger partial charge < -0.3 is 19.5 Å². The molecule has 4 aliphatic rings. The zero-order chi connectivity index (χ0) is 20.5. The summed E-state index contributed by atoms with van der Waals surface area (Å²) in [7, 11) is 3.90. The number of hydrogen-bond acceptors (Lipinski definition) is 4. The van der Waals surface area contributed by atoms with E-state index in [-0.39, 0.29) is 11.5 Å². The third kappa shape index (κ3) is 2.25. The van der Waals surface area contributed by atoms with E-state index in [0.29, 0.717) is 12.0 Å². The minimum Gasteiger partial charge on any atom is -0.493 e. The molecule has 0 radical (unpaired) electrons. The summed E-state index contributed by atoms with van der Waals surface area (Å²) < 4.78 is 12.2. The van der Waals surface area contributed by atoms with Crippen LogP contribution in [-0.2, 0) is 11.8 Å². The minimum atomic E-state index is -0.604. The quantitative estimate of drug-likeness (QED) is 0.592. The van der Waals surface area contributed by atoms with Crippen molar-refractivity contribution < 1.29 is 14.6 Å². The topological polar surface area (TPSA) is 41.9 Å². The monoisotopic (exact) mass is 399 g/mol. The highest BCUT2D eigenvalue weighted by Crippen LogP contribution is 2.63. The highest BCUT2D eigenvalue weighted by Gasteiger charge is 2.64. The molecule has 2 aromatic carbocycles. The molecule has 4 heteroatoms. The van der Waals surface area contributed by atoms with Gasteiger partial charge in [-0.3, -0.25) is 0 Å². The molecule has 1 saturated heterocycles. The van der Waals surface area contributed by atoms with Crippen LogP contribution in [0, 0.1) is 17.8 Å². The van der Waals surface area contributed by atoms with Crippen molar-refractivity contribution in [3.8, 4) is 23.3 Å². The molecule has 4 nitrogen and oxygen atoms in total. The van der Waals surface area contributed by atoms with Gasteiger partial charge in [0.15, 0.2) is 11.5 Å². The van der Waals surface area contributed by atoms with Crippen molar-refractivity contribution in [3.05, 3.63) is 70.8 Å². The number of methoxy groups -OCH3 is 1. The first-order chi connectivity index (χ1) is 14.6. The van der Waals surface area contributed by atoms with Crippen molar-refractivity contribution in [3.63, 3.8) is 0 Å². The average molecular weight is 399 g/mol. The van der Waals surface area contributed by atoms with Gasteiger partial charge in [-0.15, -0.1) is 0 Å². The van der Waals surface area contributed by atoms with Crippen LogP contribution in [0.4, 0.5) is 0 Å². The van der Waals surface area contributed by atoms with E-state index < -0.39 is 6.10 Å². The molecule has 0 amide bonds. The van der Waals surface area contributed by atoms with E-state index in [4.69, 9.17) is 9.47 Å². The Balaban J connectivity index is 1.60. The Bertz CT molecular complexity index is 1110. The summed E-state index contributed by atoms with van der Waals surface area (Å²) in [5.41, 5.74) is 4.32. The zero-order valence-corrected chi connectivity index (χ0v) is 17.3. The van der Waals surface area contributed by atoms with Crippen molar-refractivity contribution in [2.24, 2.45) is 5.92 Å². The summed E-state index contributed by atoms with van der Waals surface area (Å²) >= 11 is 0. The van der Waals surface area contributed by atoms with Gasteiger partial charge in [0.05, 0.1) is 7.11 Å². The second-order valence-corrected chi connectivity index (χ2v) is 8.91. The van der Waals surface area contributed by atoms with E-state index in [0.717, 1.165) is 42.0 Å². The fourth-order valence-electron chi connectivity index (χ4n) is 6.23. The summed E-state index contributed by atoms with van der Waals surface area (Å²) in [6.45, 7) is 1.00. The van der Waals surface area contributed by atoms with E-state index in [9.17, 15) is 5.11 Å². The summed E-state index contributed by atoms with van der Waals surface area (Å²) in [5.74, 6) is 8.63. The highest BCUT2D eigenvalue weighted by molar-refractivity contribution is 5.67. The summed E-state index contributed by atoms with van der Waals surface area (Å²) in [4.78, 5) is 2.47. The molecule has 0 saturated carbocycles. The molecular weight excluding hydrogens is 374 g/mol. The second-order valence-electron chi connectivity index (χ2n) is 8.91. The molecule has 152 valence electrons. The third-order valence-corrected chi connectivity index (χ3v) is 7.60. The molecule has 2 aliphatic carbocycles. The second kappa shape index (κ2) is 6.38.